The number of carbonyl (C=O) groups excluding carboxylic acids is 1. The molecule has 3 rings (SSSR count). The van der Waals surface area contributed by atoms with E-state index in [1.54, 1.807) is 0 Å². The first kappa shape index (κ1) is 12.6. The van der Waals surface area contributed by atoms with Crippen LogP contribution >= 0.6 is 0 Å². The van der Waals surface area contributed by atoms with E-state index in [1.807, 2.05) is 24.3 Å². The van der Waals surface area contributed by atoms with Crippen LogP contribution < -0.4 is 10.6 Å². The van der Waals surface area contributed by atoms with E-state index in [2.05, 4.69) is 17.6 Å². The number of nitrogens with one attached hydrogen (secondary N) is 2. The maximum atomic E-state index is 12.2. The molecule has 0 aromatic heterocycles. The van der Waals surface area contributed by atoms with E-state index < -0.39 is 5.60 Å². The van der Waals surface area contributed by atoms with E-state index in [-0.39, 0.29) is 11.9 Å². The Morgan fingerprint density at radius 2 is 2.21 bits per heavy atom. The number of carbonyl (C=O) groups is 1. The predicted molar refractivity (Wildman–Crippen MR) is 73.8 cm³/mol. The first-order valence-electron chi connectivity index (χ1n) is 7.03. The van der Waals surface area contributed by atoms with Gasteiger partial charge in [0, 0.05) is 17.3 Å². The van der Waals surface area contributed by atoms with Gasteiger partial charge in [0.25, 0.3) is 5.91 Å². The molecule has 0 radical (unpaired) electrons. The maximum Gasteiger partial charge on any atom is 0.262 e. The predicted octanol–water partition coefficient (Wildman–Crippen LogP) is 1.60. The molecule has 0 spiro atoms. The van der Waals surface area contributed by atoms with Gasteiger partial charge in [-0.25, -0.2) is 0 Å². The number of piperidine rings is 1. The molecular weight excluding hydrogens is 240 g/mol. The van der Waals surface area contributed by atoms with Crippen molar-refractivity contribution in [3.63, 3.8) is 0 Å². The summed E-state index contributed by atoms with van der Waals surface area (Å²) in [4.78, 5) is 12.2. The summed E-state index contributed by atoms with van der Waals surface area (Å²) in [6.45, 7) is 3.03. The van der Waals surface area contributed by atoms with Gasteiger partial charge in [0.1, 0.15) is 0 Å². The second-order valence-electron chi connectivity index (χ2n) is 5.57. The highest BCUT2D eigenvalue weighted by atomic mass is 16.3. The highest BCUT2D eigenvalue weighted by molar-refractivity contribution is 6.05. The fourth-order valence-corrected chi connectivity index (χ4v) is 3.30. The molecule has 4 heteroatoms. The molecule has 3 atom stereocenters. The van der Waals surface area contributed by atoms with Crippen LogP contribution in [0.1, 0.15) is 31.7 Å². The number of aliphatic hydroxyl groups is 1. The summed E-state index contributed by atoms with van der Waals surface area (Å²) in [6, 6.07) is 7.21. The standard InChI is InChI=1S/C15H20N2O2/c1-2-10-7-8-16-13(9-10)15(19)11-5-3-4-6-12(11)17-14(15)18/h3-6,10,13,16,19H,2,7-9H2,1H3,(H,17,18). The van der Waals surface area contributed by atoms with Crippen molar-refractivity contribution >= 4 is 11.6 Å². The van der Waals surface area contributed by atoms with Crippen LogP contribution in [0.25, 0.3) is 0 Å². The number of hydrogen-bond donors (Lipinski definition) is 3. The topological polar surface area (TPSA) is 61.4 Å². The molecule has 3 unspecified atom stereocenters. The van der Waals surface area contributed by atoms with Gasteiger partial charge in [0.2, 0.25) is 0 Å². The molecule has 3 N–H and O–H groups in total. The van der Waals surface area contributed by atoms with Crippen molar-refractivity contribution in [2.24, 2.45) is 5.92 Å². The van der Waals surface area contributed by atoms with Gasteiger partial charge in [0.05, 0.1) is 0 Å². The molecule has 0 aliphatic carbocycles. The van der Waals surface area contributed by atoms with Crippen molar-refractivity contribution in [2.45, 2.75) is 37.8 Å². The molecule has 1 aromatic carbocycles. The van der Waals surface area contributed by atoms with Gasteiger partial charge < -0.3 is 15.7 Å². The molecule has 2 aliphatic rings. The van der Waals surface area contributed by atoms with Crippen LogP contribution in [0.2, 0.25) is 0 Å². The van der Waals surface area contributed by atoms with Crippen LogP contribution in [-0.4, -0.2) is 23.6 Å². The number of amides is 1. The lowest BCUT2D eigenvalue weighted by Crippen LogP contribution is -2.55. The molecule has 0 bridgehead atoms. The molecule has 1 fully saturated rings. The SMILES string of the molecule is CCC1CCNC(C2(O)C(=O)Nc3ccccc32)C1. The number of fused-ring (bicyclic) bond motifs is 1. The van der Waals surface area contributed by atoms with Gasteiger partial charge in [0.15, 0.2) is 5.60 Å². The fourth-order valence-electron chi connectivity index (χ4n) is 3.30. The highest BCUT2D eigenvalue weighted by Gasteiger charge is 2.51. The third-order valence-corrected chi connectivity index (χ3v) is 4.53. The van der Waals surface area contributed by atoms with Crippen LogP contribution in [0.4, 0.5) is 5.69 Å². The minimum Gasteiger partial charge on any atom is -0.374 e. The minimum atomic E-state index is -1.43. The van der Waals surface area contributed by atoms with Crippen molar-refractivity contribution < 1.29 is 9.90 Å². The van der Waals surface area contributed by atoms with Crippen molar-refractivity contribution in [3.8, 4) is 0 Å². The summed E-state index contributed by atoms with van der Waals surface area (Å²) < 4.78 is 0. The summed E-state index contributed by atoms with van der Waals surface area (Å²) in [5.74, 6) is 0.277. The van der Waals surface area contributed by atoms with Gasteiger partial charge in [-0.1, -0.05) is 31.5 Å². The van der Waals surface area contributed by atoms with Crippen LogP contribution in [0.3, 0.4) is 0 Å². The Kier molecular flexibility index (Phi) is 3.07. The van der Waals surface area contributed by atoms with Gasteiger partial charge >= 0.3 is 0 Å². The lowest BCUT2D eigenvalue weighted by atomic mass is 9.78. The Hall–Kier alpha value is -1.39. The van der Waals surface area contributed by atoms with Gasteiger partial charge in [-0.2, -0.15) is 0 Å². The Morgan fingerprint density at radius 3 is 3.00 bits per heavy atom. The molecule has 1 amide bonds. The summed E-state index contributed by atoms with van der Waals surface area (Å²) in [5, 5.41) is 17.1. The number of rotatable bonds is 2. The summed E-state index contributed by atoms with van der Waals surface area (Å²) in [5.41, 5.74) is 0.00873. The lowest BCUT2D eigenvalue weighted by Gasteiger charge is -2.38. The van der Waals surface area contributed by atoms with E-state index in [0.29, 0.717) is 11.5 Å². The van der Waals surface area contributed by atoms with E-state index in [4.69, 9.17) is 0 Å². The lowest BCUT2D eigenvalue weighted by molar-refractivity contribution is -0.138. The molecule has 0 saturated carbocycles. The Bertz CT molecular complexity index is 503. The van der Waals surface area contributed by atoms with Gasteiger partial charge in [-0.05, 0) is 31.4 Å². The van der Waals surface area contributed by atoms with Crippen LogP contribution in [-0.2, 0) is 10.4 Å². The minimum absolute atomic E-state index is 0.199. The molecule has 1 saturated heterocycles. The largest absolute Gasteiger partial charge is 0.374 e. The second-order valence-corrected chi connectivity index (χ2v) is 5.57. The first-order chi connectivity index (χ1) is 9.16. The number of hydrogen-bond acceptors (Lipinski definition) is 3. The van der Waals surface area contributed by atoms with Crippen molar-refractivity contribution in [2.75, 3.05) is 11.9 Å². The monoisotopic (exact) mass is 260 g/mol. The summed E-state index contributed by atoms with van der Waals surface area (Å²) in [7, 11) is 0. The average molecular weight is 260 g/mol. The molecule has 2 heterocycles. The number of benzene rings is 1. The fraction of sp³-hybridized carbons (Fsp3) is 0.533. The first-order valence-corrected chi connectivity index (χ1v) is 7.03. The third-order valence-electron chi connectivity index (χ3n) is 4.53. The zero-order valence-electron chi connectivity index (χ0n) is 11.1. The smallest absolute Gasteiger partial charge is 0.262 e. The van der Waals surface area contributed by atoms with E-state index in [9.17, 15) is 9.90 Å². The number of anilines is 1. The molecule has 102 valence electrons. The Labute approximate surface area is 113 Å². The molecule has 1 aromatic rings. The van der Waals surface area contributed by atoms with Gasteiger partial charge in [-0.3, -0.25) is 4.79 Å². The summed E-state index contributed by atoms with van der Waals surface area (Å²) in [6.07, 6.45) is 3.05. The van der Waals surface area contributed by atoms with Crippen LogP contribution in [0.5, 0.6) is 0 Å². The highest BCUT2D eigenvalue weighted by Crippen LogP contribution is 2.41. The van der Waals surface area contributed by atoms with Crippen molar-refractivity contribution in [1.29, 1.82) is 0 Å². The van der Waals surface area contributed by atoms with Crippen LogP contribution in [0.15, 0.2) is 24.3 Å². The zero-order valence-corrected chi connectivity index (χ0v) is 11.1. The van der Waals surface area contributed by atoms with E-state index >= 15 is 0 Å². The molecule has 2 aliphatic heterocycles. The Balaban J connectivity index is 1.96. The van der Waals surface area contributed by atoms with Crippen molar-refractivity contribution in [1.82, 2.24) is 5.32 Å². The molecule has 4 nitrogen and oxygen atoms in total. The maximum absolute atomic E-state index is 12.2. The van der Waals surface area contributed by atoms with Gasteiger partial charge in [-0.15, -0.1) is 0 Å². The zero-order chi connectivity index (χ0) is 13.5. The number of para-hydroxylation sites is 1. The normalized spacial score (nSPS) is 33.9. The summed E-state index contributed by atoms with van der Waals surface area (Å²) >= 11 is 0. The van der Waals surface area contributed by atoms with Crippen LogP contribution in [0, 0.1) is 5.92 Å². The average Bonchev–Trinajstić information content (AvgIpc) is 2.72. The van der Waals surface area contributed by atoms with E-state index in [1.165, 1.54) is 0 Å². The quantitative estimate of drug-likeness (QED) is 0.757. The van der Waals surface area contributed by atoms with Crippen molar-refractivity contribution in [3.05, 3.63) is 29.8 Å². The van der Waals surface area contributed by atoms with E-state index in [0.717, 1.165) is 31.5 Å². The Morgan fingerprint density at radius 1 is 1.42 bits per heavy atom. The second kappa shape index (κ2) is 4.62. The molecular formula is C15H20N2O2. The molecule has 19 heavy (non-hydrogen) atoms. The third kappa shape index (κ3) is 1.86.